The molecule has 1 saturated heterocycles. The first kappa shape index (κ1) is 12.9. The van der Waals surface area contributed by atoms with Crippen molar-refractivity contribution in [2.24, 2.45) is 0 Å². The number of carbonyl (C=O) groups is 1. The minimum atomic E-state index is -0.227. The molecular weight excluding hydrogens is 260 g/mol. The molecule has 1 N–H and O–H groups in total. The van der Waals surface area contributed by atoms with Gasteiger partial charge >= 0.3 is 0 Å². The molecule has 0 radical (unpaired) electrons. The molecule has 1 fully saturated rings. The standard InChI is InChI=1S/C13H16N4O3/c1-8-6-14-12(15-8)11-7-17(3-4-19-11)13(18)10-5-9(2)20-16-10/h5-6,11H,3-4,7H2,1-2H3,(H,14,15). The average molecular weight is 276 g/mol. The first-order chi connectivity index (χ1) is 9.63. The van der Waals surface area contributed by atoms with Crippen LogP contribution in [0.4, 0.5) is 0 Å². The van der Waals surface area contributed by atoms with E-state index >= 15 is 0 Å². The van der Waals surface area contributed by atoms with E-state index in [2.05, 4.69) is 15.1 Å². The summed E-state index contributed by atoms with van der Waals surface area (Å²) in [5.74, 6) is 1.23. The van der Waals surface area contributed by atoms with E-state index in [1.165, 1.54) is 0 Å². The molecule has 1 unspecified atom stereocenters. The summed E-state index contributed by atoms with van der Waals surface area (Å²) in [6.45, 7) is 5.17. The largest absolute Gasteiger partial charge is 0.367 e. The number of ether oxygens (including phenoxy) is 1. The van der Waals surface area contributed by atoms with Crippen LogP contribution in [0.1, 0.15) is 33.9 Å². The van der Waals surface area contributed by atoms with Crippen LogP contribution in [0, 0.1) is 13.8 Å². The zero-order valence-corrected chi connectivity index (χ0v) is 11.4. The highest BCUT2D eigenvalue weighted by atomic mass is 16.5. The Morgan fingerprint density at radius 1 is 1.50 bits per heavy atom. The van der Waals surface area contributed by atoms with E-state index in [0.29, 0.717) is 31.2 Å². The maximum Gasteiger partial charge on any atom is 0.276 e. The first-order valence-corrected chi connectivity index (χ1v) is 6.49. The molecule has 0 aromatic carbocycles. The Morgan fingerprint density at radius 2 is 2.35 bits per heavy atom. The van der Waals surface area contributed by atoms with Gasteiger partial charge in [0.15, 0.2) is 5.69 Å². The molecule has 1 aliphatic rings. The van der Waals surface area contributed by atoms with Crippen molar-refractivity contribution in [2.75, 3.05) is 19.7 Å². The number of aromatic amines is 1. The molecule has 0 aliphatic carbocycles. The number of aromatic nitrogens is 3. The van der Waals surface area contributed by atoms with Gasteiger partial charge in [-0.15, -0.1) is 0 Å². The summed E-state index contributed by atoms with van der Waals surface area (Å²) in [5.41, 5.74) is 1.30. The lowest BCUT2D eigenvalue weighted by Crippen LogP contribution is -2.42. The van der Waals surface area contributed by atoms with Crippen molar-refractivity contribution < 1.29 is 14.1 Å². The maximum absolute atomic E-state index is 12.3. The number of rotatable bonds is 2. The summed E-state index contributed by atoms with van der Waals surface area (Å²) in [5, 5.41) is 3.76. The van der Waals surface area contributed by atoms with E-state index in [9.17, 15) is 4.79 Å². The van der Waals surface area contributed by atoms with E-state index in [0.717, 1.165) is 11.5 Å². The van der Waals surface area contributed by atoms with Gasteiger partial charge in [0.25, 0.3) is 5.91 Å². The smallest absolute Gasteiger partial charge is 0.276 e. The average Bonchev–Trinajstić information content (AvgIpc) is 3.07. The fourth-order valence-corrected chi connectivity index (χ4v) is 2.22. The van der Waals surface area contributed by atoms with Gasteiger partial charge in [0.1, 0.15) is 17.7 Å². The van der Waals surface area contributed by atoms with Gasteiger partial charge in [0.05, 0.1) is 13.2 Å². The highest BCUT2D eigenvalue weighted by molar-refractivity contribution is 5.92. The summed E-state index contributed by atoms with van der Waals surface area (Å²) in [4.78, 5) is 21.4. The molecule has 7 heteroatoms. The van der Waals surface area contributed by atoms with Crippen molar-refractivity contribution in [3.05, 3.63) is 35.2 Å². The Labute approximate surface area is 115 Å². The van der Waals surface area contributed by atoms with Crippen molar-refractivity contribution in [1.82, 2.24) is 20.0 Å². The van der Waals surface area contributed by atoms with E-state index in [1.54, 1.807) is 24.1 Å². The molecule has 20 heavy (non-hydrogen) atoms. The van der Waals surface area contributed by atoms with Crippen LogP contribution >= 0.6 is 0 Å². The Balaban J connectivity index is 1.73. The van der Waals surface area contributed by atoms with E-state index in [4.69, 9.17) is 9.26 Å². The minimum Gasteiger partial charge on any atom is -0.367 e. The zero-order chi connectivity index (χ0) is 14.1. The minimum absolute atomic E-state index is 0.140. The third-order valence-electron chi connectivity index (χ3n) is 3.23. The monoisotopic (exact) mass is 276 g/mol. The molecule has 3 heterocycles. The molecule has 0 bridgehead atoms. The quantitative estimate of drug-likeness (QED) is 0.891. The summed E-state index contributed by atoms with van der Waals surface area (Å²) in [6.07, 6.45) is 1.52. The molecule has 106 valence electrons. The second-order valence-electron chi connectivity index (χ2n) is 4.88. The van der Waals surface area contributed by atoms with Gasteiger partial charge in [-0.25, -0.2) is 4.98 Å². The number of hydrogen-bond donors (Lipinski definition) is 1. The Kier molecular flexibility index (Phi) is 3.27. The maximum atomic E-state index is 12.3. The molecule has 1 atom stereocenters. The van der Waals surface area contributed by atoms with Gasteiger partial charge in [-0.2, -0.15) is 0 Å². The number of imidazole rings is 1. The molecule has 2 aromatic heterocycles. The Morgan fingerprint density at radius 3 is 3.00 bits per heavy atom. The zero-order valence-electron chi connectivity index (χ0n) is 11.4. The van der Waals surface area contributed by atoms with Crippen LogP contribution in [0.5, 0.6) is 0 Å². The second-order valence-corrected chi connectivity index (χ2v) is 4.88. The van der Waals surface area contributed by atoms with Crippen molar-refractivity contribution in [3.63, 3.8) is 0 Å². The number of amides is 1. The van der Waals surface area contributed by atoms with Crippen molar-refractivity contribution >= 4 is 5.91 Å². The molecule has 7 nitrogen and oxygen atoms in total. The van der Waals surface area contributed by atoms with Gasteiger partial charge in [0.2, 0.25) is 0 Å². The number of carbonyl (C=O) groups excluding carboxylic acids is 1. The SMILES string of the molecule is Cc1cnc(C2CN(C(=O)c3cc(C)on3)CCO2)[nH]1. The van der Waals surface area contributed by atoms with Gasteiger partial charge in [-0.1, -0.05) is 5.16 Å². The fraction of sp³-hybridized carbons (Fsp3) is 0.462. The number of aryl methyl sites for hydroxylation is 2. The molecule has 0 spiro atoms. The van der Waals surface area contributed by atoms with Crippen molar-refractivity contribution in [2.45, 2.75) is 20.0 Å². The Bertz CT molecular complexity index is 619. The van der Waals surface area contributed by atoms with Crippen LogP contribution in [-0.4, -0.2) is 45.6 Å². The third-order valence-corrected chi connectivity index (χ3v) is 3.23. The fourth-order valence-electron chi connectivity index (χ4n) is 2.22. The predicted molar refractivity (Wildman–Crippen MR) is 69.2 cm³/mol. The first-order valence-electron chi connectivity index (χ1n) is 6.49. The summed E-state index contributed by atoms with van der Waals surface area (Å²) < 4.78 is 10.6. The van der Waals surface area contributed by atoms with Gasteiger partial charge in [-0.3, -0.25) is 4.79 Å². The van der Waals surface area contributed by atoms with E-state index < -0.39 is 0 Å². The van der Waals surface area contributed by atoms with Crippen LogP contribution < -0.4 is 0 Å². The number of morpholine rings is 1. The predicted octanol–water partition coefficient (Wildman–Crippen LogP) is 1.23. The highest BCUT2D eigenvalue weighted by Gasteiger charge is 2.29. The normalized spacial score (nSPS) is 19.3. The molecular formula is C13H16N4O3. The molecule has 0 saturated carbocycles. The van der Waals surface area contributed by atoms with Crippen LogP contribution in [0.15, 0.2) is 16.8 Å². The summed E-state index contributed by atoms with van der Waals surface area (Å²) in [6, 6.07) is 1.64. The number of nitrogens with zero attached hydrogens (tertiary/aromatic N) is 3. The van der Waals surface area contributed by atoms with Gasteiger partial charge in [0, 0.05) is 24.5 Å². The number of H-pyrrole nitrogens is 1. The number of hydrogen-bond acceptors (Lipinski definition) is 5. The van der Waals surface area contributed by atoms with Gasteiger partial charge < -0.3 is 19.1 Å². The molecule has 1 amide bonds. The lowest BCUT2D eigenvalue weighted by Gasteiger charge is -2.31. The van der Waals surface area contributed by atoms with Crippen LogP contribution in [0.2, 0.25) is 0 Å². The third kappa shape index (κ3) is 2.44. The van der Waals surface area contributed by atoms with Crippen LogP contribution in [0.3, 0.4) is 0 Å². The van der Waals surface area contributed by atoms with Crippen LogP contribution in [0.25, 0.3) is 0 Å². The molecule has 1 aliphatic heterocycles. The van der Waals surface area contributed by atoms with E-state index in [-0.39, 0.29) is 12.0 Å². The van der Waals surface area contributed by atoms with Crippen molar-refractivity contribution in [3.8, 4) is 0 Å². The van der Waals surface area contributed by atoms with Crippen molar-refractivity contribution in [1.29, 1.82) is 0 Å². The van der Waals surface area contributed by atoms with E-state index in [1.807, 2.05) is 6.92 Å². The molecule has 3 rings (SSSR count). The Hall–Kier alpha value is -2.15. The lowest BCUT2D eigenvalue weighted by atomic mass is 10.2. The molecule has 2 aromatic rings. The number of nitrogens with one attached hydrogen (secondary N) is 1. The second kappa shape index (κ2) is 5.09. The topological polar surface area (TPSA) is 84.2 Å². The van der Waals surface area contributed by atoms with Crippen LogP contribution in [-0.2, 0) is 4.74 Å². The summed E-state index contributed by atoms with van der Waals surface area (Å²) in [7, 11) is 0. The lowest BCUT2D eigenvalue weighted by molar-refractivity contribution is -0.0267. The van der Waals surface area contributed by atoms with Gasteiger partial charge in [-0.05, 0) is 13.8 Å². The summed E-state index contributed by atoms with van der Waals surface area (Å²) >= 11 is 0. The highest BCUT2D eigenvalue weighted by Crippen LogP contribution is 2.21.